The standard InChI is InChI=1S/C23H22FN3O5/c1-26(19(20(25)28)13-4-2-5-15(24)10-13)21(29)14-7-8-17-18(11-14)23(31)27(22(17)30)12-16-6-3-9-32-16/h2,4-5,7-8,10-11,16,19H,3,6,9,12H2,1H3,(H2,25,28). The first kappa shape index (κ1) is 21.6. The molecule has 2 aliphatic heterocycles. The maximum Gasteiger partial charge on any atom is 0.261 e. The third kappa shape index (κ3) is 3.87. The molecule has 0 spiro atoms. The van der Waals surface area contributed by atoms with Crippen molar-refractivity contribution in [3.63, 3.8) is 0 Å². The highest BCUT2D eigenvalue weighted by Gasteiger charge is 2.38. The number of nitrogens with two attached hydrogens (primary N) is 1. The van der Waals surface area contributed by atoms with Gasteiger partial charge in [0.1, 0.15) is 11.9 Å². The van der Waals surface area contributed by atoms with Gasteiger partial charge in [0.05, 0.1) is 23.8 Å². The highest BCUT2D eigenvalue weighted by atomic mass is 19.1. The summed E-state index contributed by atoms with van der Waals surface area (Å²) in [6.07, 6.45) is 1.47. The van der Waals surface area contributed by atoms with Gasteiger partial charge in [0, 0.05) is 19.2 Å². The summed E-state index contributed by atoms with van der Waals surface area (Å²) in [7, 11) is 1.37. The zero-order valence-electron chi connectivity index (χ0n) is 17.4. The van der Waals surface area contributed by atoms with Crippen LogP contribution < -0.4 is 5.73 Å². The van der Waals surface area contributed by atoms with Crippen molar-refractivity contribution in [1.29, 1.82) is 0 Å². The molecule has 0 aromatic heterocycles. The van der Waals surface area contributed by atoms with Gasteiger partial charge in [-0.15, -0.1) is 0 Å². The Morgan fingerprint density at radius 1 is 1.19 bits per heavy atom. The minimum atomic E-state index is -1.21. The summed E-state index contributed by atoms with van der Waals surface area (Å²) >= 11 is 0. The fourth-order valence-corrected chi connectivity index (χ4v) is 4.16. The van der Waals surface area contributed by atoms with Crippen LogP contribution in [0.4, 0.5) is 4.39 Å². The lowest BCUT2D eigenvalue weighted by atomic mass is 10.0. The van der Waals surface area contributed by atoms with Crippen LogP contribution in [0.25, 0.3) is 0 Å². The zero-order valence-corrected chi connectivity index (χ0v) is 17.4. The van der Waals surface area contributed by atoms with Crippen molar-refractivity contribution in [3.8, 4) is 0 Å². The molecule has 1 saturated heterocycles. The molecule has 1 fully saturated rings. The predicted molar refractivity (Wildman–Crippen MR) is 111 cm³/mol. The Hall–Kier alpha value is -3.59. The molecule has 166 valence electrons. The summed E-state index contributed by atoms with van der Waals surface area (Å²) < 4.78 is 19.2. The number of hydrogen-bond donors (Lipinski definition) is 1. The van der Waals surface area contributed by atoms with Gasteiger partial charge in [-0.2, -0.15) is 0 Å². The van der Waals surface area contributed by atoms with Crippen molar-refractivity contribution < 1.29 is 28.3 Å². The molecule has 9 heteroatoms. The molecule has 2 atom stereocenters. The highest BCUT2D eigenvalue weighted by molar-refractivity contribution is 6.22. The summed E-state index contributed by atoms with van der Waals surface area (Å²) in [5, 5.41) is 0. The van der Waals surface area contributed by atoms with Crippen LogP contribution in [0.5, 0.6) is 0 Å². The van der Waals surface area contributed by atoms with E-state index in [1.54, 1.807) is 0 Å². The normalized spacial score (nSPS) is 18.6. The SMILES string of the molecule is CN(C(=O)c1ccc2c(c1)C(=O)N(CC1CCCO1)C2=O)C(C(N)=O)c1cccc(F)c1. The number of ether oxygens (including phenoxy) is 1. The Morgan fingerprint density at radius 3 is 2.59 bits per heavy atom. The van der Waals surface area contributed by atoms with E-state index in [9.17, 15) is 23.6 Å². The van der Waals surface area contributed by atoms with Crippen LogP contribution in [0.3, 0.4) is 0 Å². The predicted octanol–water partition coefficient (Wildman–Crippen LogP) is 1.90. The summed E-state index contributed by atoms with van der Waals surface area (Å²) in [6.45, 7) is 0.768. The van der Waals surface area contributed by atoms with Gasteiger partial charge in [0.15, 0.2) is 0 Å². The summed E-state index contributed by atoms with van der Waals surface area (Å²) in [6, 6.07) is 8.24. The van der Waals surface area contributed by atoms with Crippen molar-refractivity contribution in [1.82, 2.24) is 9.80 Å². The lowest BCUT2D eigenvalue weighted by Crippen LogP contribution is -2.39. The van der Waals surface area contributed by atoms with Crippen LogP contribution in [0.1, 0.15) is 55.5 Å². The monoisotopic (exact) mass is 439 g/mol. The third-order valence-corrected chi connectivity index (χ3v) is 5.77. The van der Waals surface area contributed by atoms with Gasteiger partial charge in [0.2, 0.25) is 5.91 Å². The van der Waals surface area contributed by atoms with E-state index in [2.05, 4.69) is 0 Å². The molecule has 32 heavy (non-hydrogen) atoms. The number of primary amides is 1. The zero-order chi connectivity index (χ0) is 23.0. The molecule has 2 unspecified atom stereocenters. The van der Waals surface area contributed by atoms with Crippen LogP contribution in [-0.4, -0.2) is 59.7 Å². The first-order valence-electron chi connectivity index (χ1n) is 10.2. The lowest BCUT2D eigenvalue weighted by Gasteiger charge is -2.26. The third-order valence-electron chi connectivity index (χ3n) is 5.77. The van der Waals surface area contributed by atoms with E-state index in [0.717, 1.165) is 28.7 Å². The minimum Gasteiger partial charge on any atom is -0.376 e. The molecule has 2 aliphatic rings. The highest BCUT2D eigenvalue weighted by Crippen LogP contribution is 2.28. The van der Waals surface area contributed by atoms with Gasteiger partial charge in [-0.25, -0.2) is 4.39 Å². The second-order valence-electron chi connectivity index (χ2n) is 7.89. The number of hydrogen-bond acceptors (Lipinski definition) is 5. The van der Waals surface area contributed by atoms with Crippen LogP contribution in [0.15, 0.2) is 42.5 Å². The van der Waals surface area contributed by atoms with E-state index in [4.69, 9.17) is 10.5 Å². The number of rotatable bonds is 6. The Morgan fingerprint density at radius 2 is 1.94 bits per heavy atom. The van der Waals surface area contributed by atoms with E-state index in [-0.39, 0.29) is 34.9 Å². The van der Waals surface area contributed by atoms with Crippen molar-refractivity contribution in [2.75, 3.05) is 20.2 Å². The van der Waals surface area contributed by atoms with E-state index in [1.807, 2.05) is 0 Å². The molecule has 8 nitrogen and oxygen atoms in total. The molecule has 2 heterocycles. The van der Waals surface area contributed by atoms with Gasteiger partial charge in [-0.05, 0) is 48.7 Å². The summed E-state index contributed by atoms with van der Waals surface area (Å²) in [4.78, 5) is 52.9. The fraction of sp³-hybridized carbons (Fsp3) is 0.304. The van der Waals surface area contributed by atoms with Crippen LogP contribution in [0, 0.1) is 5.82 Å². The van der Waals surface area contributed by atoms with Gasteiger partial charge in [-0.1, -0.05) is 12.1 Å². The number of imide groups is 1. The molecular weight excluding hydrogens is 417 g/mol. The topological polar surface area (TPSA) is 110 Å². The molecule has 0 radical (unpaired) electrons. The molecule has 2 N–H and O–H groups in total. The average Bonchev–Trinajstić information content (AvgIpc) is 3.36. The largest absolute Gasteiger partial charge is 0.376 e. The van der Waals surface area contributed by atoms with E-state index < -0.39 is 35.5 Å². The van der Waals surface area contributed by atoms with E-state index >= 15 is 0 Å². The Bertz CT molecular complexity index is 1110. The van der Waals surface area contributed by atoms with Crippen molar-refractivity contribution in [2.24, 2.45) is 5.73 Å². The van der Waals surface area contributed by atoms with Gasteiger partial charge >= 0.3 is 0 Å². The van der Waals surface area contributed by atoms with Gasteiger partial charge in [0.25, 0.3) is 17.7 Å². The second-order valence-corrected chi connectivity index (χ2v) is 7.89. The van der Waals surface area contributed by atoms with Crippen molar-refractivity contribution in [2.45, 2.75) is 25.0 Å². The van der Waals surface area contributed by atoms with Gasteiger partial charge < -0.3 is 15.4 Å². The summed E-state index contributed by atoms with van der Waals surface area (Å²) in [5.41, 5.74) is 6.15. The first-order chi connectivity index (χ1) is 15.3. The molecule has 4 rings (SSSR count). The molecule has 0 aliphatic carbocycles. The number of benzene rings is 2. The number of fused-ring (bicyclic) bond motifs is 1. The molecule has 0 saturated carbocycles. The number of amides is 4. The lowest BCUT2D eigenvalue weighted by molar-refractivity contribution is -0.122. The fourth-order valence-electron chi connectivity index (χ4n) is 4.16. The van der Waals surface area contributed by atoms with E-state index in [0.29, 0.717) is 6.61 Å². The molecular formula is C23H22FN3O5. The quantitative estimate of drug-likeness (QED) is 0.692. The van der Waals surface area contributed by atoms with Crippen molar-refractivity contribution in [3.05, 3.63) is 70.5 Å². The number of nitrogens with zero attached hydrogens (tertiary/aromatic N) is 2. The molecule has 0 bridgehead atoms. The number of carbonyl (C=O) groups is 4. The van der Waals surface area contributed by atoms with Crippen LogP contribution >= 0.6 is 0 Å². The summed E-state index contributed by atoms with van der Waals surface area (Å²) in [5.74, 6) is -2.92. The molecule has 4 amide bonds. The number of likely N-dealkylation sites (N-methyl/N-ethyl adjacent to an activating group) is 1. The number of carbonyl (C=O) groups excluding carboxylic acids is 4. The maximum absolute atomic E-state index is 13.7. The molecule has 2 aromatic rings. The Balaban J connectivity index is 1.59. The van der Waals surface area contributed by atoms with Crippen LogP contribution in [-0.2, 0) is 9.53 Å². The Kier molecular flexibility index (Phi) is 5.75. The maximum atomic E-state index is 13.7. The van der Waals surface area contributed by atoms with Crippen LogP contribution in [0.2, 0.25) is 0 Å². The van der Waals surface area contributed by atoms with Gasteiger partial charge in [-0.3, -0.25) is 24.1 Å². The van der Waals surface area contributed by atoms with Crippen molar-refractivity contribution >= 4 is 23.6 Å². The smallest absolute Gasteiger partial charge is 0.261 e. The number of halogens is 1. The molecule has 2 aromatic carbocycles. The second kappa shape index (κ2) is 8.51. The first-order valence-corrected chi connectivity index (χ1v) is 10.2. The average molecular weight is 439 g/mol. The minimum absolute atomic E-state index is 0.106. The Labute approximate surface area is 183 Å². The van der Waals surface area contributed by atoms with E-state index in [1.165, 1.54) is 43.4 Å².